The van der Waals surface area contributed by atoms with E-state index in [1.54, 1.807) is 0 Å². The van der Waals surface area contributed by atoms with E-state index in [1.165, 1.54) is 30.6 Å². The fraction of sp³-hybridized carbons (Fsp3) is 0.455. The highest BCUT2D eigenvalue weighted by Crippen LogP contribution is 2.23. The second-order valence-corrected chi connectivity index (χ2v) is 7.09. The van der Waals surface area contributed by atoms with Gasteiger partial charge in [-0.1, -0.05) is 0 Å². The summed E-state index contributed by atoms with van der Waals surface area (Å²) in [5.74, 6) is -0.367. The van der Waals surface area contributed by atoms with Crippen LogP contribution in [0.15, 0.2) is 16.3 Å². The van der Waals surface area contributed by atoms with Crippen LogP contribution in [0.25, 0.3) is 0 Å². The molecule has 0 saturated heterocycles. The fourth-order valence-corrected chi connectivity index (χ4v) is 3.86. The van der Waals surface area contributed by atoms with Gasteiger partial charge in [0, 0.05) is 20.0 Å². The number of hydrogen-bond donors (Lipinski definition) is 0. The van der Waals surface area contributed by atoms with Crippen molar-refractivity contribution < 1.29 is 17.9 Å². The predicted molar refractivity (Wildman–Crippen MR) is 70.1 cm³/mol. The molecule has 1 aromatic rings. The maximum absolute atomic E-state index is 12.1. The average molecular weight is 302 g/mol. The number of methoxy groups -OCH3 is 1. The van der Waals surface area contributed by atoms with Crippen LogP contribution in [-0.4, -0.2) is 39.4 Å². The van der Waals surface area contributed by atoms with Crippen molar-refractivity contribution in [3.05, 3.63) is 17.0 Å². The molecule has 0 aromatic carbocycles. The molecule has 0 aliphatic carbocycles. The van der Waals surface area contributed by atoms with Gasteiger partial charge in [0.15, 0.2) is 0 Å². The van der Waals surface area contributed by atoms with E-state index >= 15 is 0 Å². The molecule has 1 heterocycles. The first kappa shape index (κ1) is 15.6. The normalized spacial score (nSPS) is 11.3. The third kappa shape index (κ3) is 4.02. The number of ether oxygens (including phenoxy) is 1. The SMILES string of the molecule is COC(=O)CCCN(C)S(=O)(=O)c1ccc(C#N)s1. The van der Waals surface area contributed by atoms with Crippen molar-refractivity contribution in [2.45, 2.75) is 17.1 Å². The molecule has 0 saturated carbocycles. The summed E-state index contributed by atoms with van der Waals surface area (Å²) >= 11 is 0.930. The molecule has 8 heteroatoms. The third-order valence-corrected chi connectivity index (χ3v) is 5.75. The van der Waals surface area contributed by atoms with E-state index in [-0.39, 0.29) is 23.1 Å². The Balaban J connectivity index is 2.67. The molecule has 0 N–H and O–H groups in total. The topological polar surface area (TPSA) is 87.5 Å². The second-order valence-electron chi connectivity index (χ2n) is 3.74. The lowest BCUT2D eigenvalue weighted by atomic mass is 10.3. The van der Waals surface area contributed by atoms with Crippen LogP contribution in [0.1, 0.15) is 17.7 Å². The molecule has 1 rings (SSSR count). The molecule has 1 aromatic heterocycles. The van der Waals surface area contributed by atoms with Crippen LogP contribution >= 0.6 is 11.3 Å². The molecule has 0 fully saturated rings. The van der Waals surface area contributed by atoms with Crippen LogP contribution < -0.4 is 0 Å². The highest BCUT2D eigenvalue weighted by molar-refractivity contribution is 7.91. The molecule has 0 unspecified atom stereocenters. The number of nitrogens with zero attached hydrogens (tertiary/aromatic N) is 2. The number of rotatable bonds is 6. The van der Waals surface area contributed by atoms with Crippen LogP contribution in [0.3, 0.4) is 0 Å². The molecule has 0 atom stereocenters. The molecule has 0 aliphatic heterocycles. The summed E-state index contributed by atoms with van der Waals surface area (Å²) in [6.07, 6.45) is 0.559. The number of thiophene rings is 1. The maximum Gasteiger partial charge on any atom is 0.305 e. The van der Waals surface area contributed by atoms with E-state index in [2.05, 4.69) is 4.74 Å². The first-order valence-electron chi connectivity index (χ1n) is 5.45. The van der Waals surface area contributed by atoms with Gasteiger partial charge >= 0.3 is 5.97 Å². The lowest BCUT2D eigenvalue weighted by Crippen LogP contribution is -2.27. The quantitative estimate of drug-likeness (QED) is 0.737. The largest absolute Gasteiger partial charge is 0.469 e. The van der Waals surface area contributed by atoms with Crippen LogP contribution in [-0.2, 0) is 19.6 Å². The zero-order valence-corrected chi connectivity index (χ0v) is 12.3. The van der Waals surface area contributed by atoms with Crippen LogP contribution in [0.4, 0.5) is 0 Å². The summed E-state index contributed by atoms with van der Waals surface area (Å²) < 4.78 is 30.0. The number of carbonyl (C=O) groups is 1. The minimum atomic E-state index is -3.58. The van der Waals surface area contributed by atoms with E-state index in [9.17, 15) is 13.2 Å². The average Bonchev–Trinajstić information content (AvgIpc) is 2.87. The maximum atomic E-state index is 12.1. The molecule has 104 valence electrons. The van der Waals surface area contributed by atoms with Crippen molar-refractivity contribution in [1.82, 2.24) is 4.31 Å². The predicted octanol–water partition coefficient (Wildman–Crippen LogP) is 1.19. The van der Waals surface area contributed by atoms with Crippen molar-refractivity contribution in [2.75, 3.05) is 20.7 Å². The van der Waals surface area contributed by atoms with Gasteiger partial charge in [-0.2, -0.15) is 5.26 Å². The molecule has 6 nitrogen and oxygen atoms in total. The Kier molecular flexibility index (Phi) is 5.47. The van der Waals surface area contributed by atoms with Gasteiger partial charge in [-0.15, -0.1) is 11.3 Å². The Morgan fingerprint density at radius 2 is 2.21 bits per heavy atom. The lowest BCUT2D eigenvalue weighted by molar-refractivity contribution is -0.140. The van der Waals surface area contributed by atoms with Crippen LogP contribution in [0, 0.1) is 11.3 Å². The van der Waals surface area contributed by atoms with Crippen molar-refractivity contribution in [2.24, 2.45) is 0 Å². The highest BCUT2D eigenvalue weighted by atomic mass is 32.2. The smallest absolute Gasteiger partial charge is 0.305 e. The summed E-state index contributed by atoms with van der Waals surface area (Å²) in [6.45, 7) is 0.219. The van der Waals surface area contributed by atoms with Crippen LogP contribution in [0.5, 0.6) is 0 Å². The number of carbonyl (C=O) groups excluding carboxylic acids is 1. The Bertz CT molecular complexity index is 586. The molecule has 19 heavy (non-hydrogen) atoms. The summed E-state index contributed by atoms with van der Waals surface area (Å²) in [5, 5.41) is 8.69. The summed E-state index contributed by atoms with van der Waals surface area (Å²) in [6, 6.07) is 4.78. The Morgan fingerprint density at radius 3 is 2.74 bits per heavy atom. The van der Waals surface area contributed by atoms with Gasteiger partial charge in [0.05, 0.1) is 7.11 Å². The summed E-state index contributed by atoms with van der Waals surface area (Å²) in [5.41, 5.74) is 0. The standard InChI is InChI=1S/C11H14N2O4S2/c1-13(7-3-4-10(14)17-2)19(15,16)11-6-5-9(8-12)18-11/h5-6H,3-4,7H2,1-2H3. The minimum absolute atomic E-state index is 0.129. The van der Waals surface area contributed by atoms with Gasteiger partial charge in [0.25, 0.3) is 10.0 Å². The lowest BCUT2D eigenvalue weighted by Gasteiger charge is -2.15. The van der Waals surface area contributed by atoms with E-state index in [0.29, 0.717) is 11.3 Å². The van der Waals surface area contributed by atoms with Crippen molar-refractivity contribution in [1.29, 1.82) is 5.26 Å². The third-order valence-electron chi connectivity index (χ3n) is 2.44. The molecule has 0 spiro atoms. The molecular weight excluding hydrogens is 288 g/mol. The van der Waals surface area contributed by atoms with Crippen molar-refractivity contribution >= 4 is 27.3 Å². The van der Waals surface area contributed by atoms with Gasteiger partial charge < -0.3 is 4.74 Å². The van der Waals surface area contributed by atoms with Gasteiger partial charge in [-0.3, -0.25) is 4.79 Å². The van der Waals surface area contributed by atoms with Crippen molar-refractivity contribution in [3.63, 3.8) is 0 Å². The monoisotopic (exact) mass is 302 g/mol. The zero-order valence-electron chi connectivity index (χ0n) is 10.6. The van der Waals surface area contributed by atoms with Gasteiger partial charge in [0.1, 0.15) is 15.2 Å². The first-order chi connectivity index (χ1) is 8.91. The number of nitriles is 1. The molecular formula is C11H14N2O4S2. The minimum Gasteiger partial charge on any atom is -0.469 e. The number of esters is 1. The Hall–Kier alpha value is -1.43. The van der Waals surface area contributed by atoms with E-state index in [0.717, 1.165) is 11.3 Å². The Labute approximate surface area is 116 Å². The molecule has 0 radical (unpaired) electrons. The van der Waals surface area contributed by atoms with Gasteiger partial charge in [-0.05, 0) is 18.6 Å². The van der Waals surface area contributed by atoms with Crippen molar-refractivity contribution in [3.8, 4) is 6.07 Å². The highest BCUT2D eigenvalue weighted by Gasteiger charge is 2.22. The first-order valence-corrected chi connectivity index (χ1v) is 7.70. The summed E-state index contributed by atoms with van der Waals surface area (Å²) in [7, 11) is -0.852. The zero-order chi connectivity index (χ0) is 14.5. The second kappa shape index (κ2) is 6.65. The van der Waals surface area contributed by atoms with E-state index < -0.39 is 10.0 Å². The number of sulfonamides is 1. The van der Waals surface area contributed by atoms with Crippen LogP contribution in [0.2, 0.25) is 0 Å². The summed E-state index contributed by atoms with van der Waals surface area (Å²) in [4.78, 5) is 11.3. The van der Waals surface area contributed by atoms with Gasteiger partial charge in [0.2, 0.25) is 0 Å². The molecule has 0 bridgehead atoms. The van der Waals surface area contributed by atoms with E-state index in [1.807, 2.05) is 6.07 Å². The van der Waals surface area contributed by atoms with E-state index in [4.69, 9.17) is 5.26 Å². The molecule has 0 aliphatic rings. The fourth-order valence-electron chi connectivity index (χ4n) is 1.34. The number of hydrogen-bond acceptors (Lipinski definition) is 6. The van der Waals surface area contributed by atoms with Gasteiger partial charge in [-0.25, -0.2) is 12.7 Å². The molecule has 0 amide bonds. The Morgan fingerprint density at radius 1 is 1.53 bits per heavy atom.